The fraction of sp³-hybridized carbons (Fsp3) is 0.583. The third kappa shape index (κ3) is 3.29. The molecule has 0 atom stereocenters. The Morgan fingerprint density at radius 1 is 1.14 bits per heavy atom. The predicted octanol–water partition coefficient (Wildman–Crippen LogP) is 1.71. The third-order valence-corrected chi connectivity index (χ3v) is 3.54. The van der Waals surface area contributed by atoms with Gasteiger partial charge in [0.05, 0.1) is 0 Å². The van der Waals surface area contributed by atoms with Crippen LogP contribution in [0.25, 0.3) is 11.5 Å². The summed E-state index contributed by atoms with van der Waals surface area (Å²) in [4.78, 5) is 15.5. The van der Waals surface area contributed by atoms with Gasteiger partial charge < -0.3 is 10.2 Å². The Morgan fingerprint density at radius 2 is 1.86 bits per heavy atom. The highest BCUT2D eigenvalue weighted by Crippen LogP contribution is 2.24. The van der Waals surface area contributed by atoms with Gasteiger partial charge in [-0.15, -0.1) is 5.10 Å². The molecule has 0 bridgehead atoms. The largest absolute Gasteiger partial charge is 0.354 e. The Morgan fingerprint density at radius 3 is 2.38 bits per heavy atom. The van der Waals surface area contributed by atoms with E-state index in [2.05, 4.69) is 65.3 Å². The molecule has 0 unspecified atom stereocenters. The minimum Gasteiger partial charge on any atom is -0.354 e. The van der Waals surface area contributed by atoms with Crippen molar-refractivity contribution in [2.45, 2.75) is 20.8 Å². The second-order valence-corrected chi connectivity index (χ2v) is 5.09. The Kier molecular flexibility index (Phi) is 5.05. The second kappa shape index (κ2) is 6.79. The average Bonchev–Trinajstić information content (AvgIpc) is 2.80. The molecule has 2 rings (SSSR count). The Balaban J connectivity index is 2.55. The van der Waals surface area contributed by atoms with Gasteiger partial charge in [0.1, 0.15) is 5.69 Å². The fourth-order valence-electron chi connectivity index (χ4n) is 1.92. The molecule has 21 heavy (non-hydrogen) atoms. The van der Waals surface area contributed by atoms with Gasteiger partial charge >= 0.3 is 0 Å². The maximum atomic E-state index is 4.55. The van der Waals surface area contributed by atoms with Crippen LogP contribution < -0.4 is 10.2 Å². The van der Waals surface area contributed by atoms with Crippen LogP contribution in [0.2, 0.25) is 0 Å². The van der Waals surface area contributed by atoms with Crippen molar-refractivity contribution in [3.05, 3.63) is 4.60 Å². The van der Waals surface area contributed by atoms with E-state index in [1.54, 1.807) is 11.7 Å². The van der Waals surface area contributed by atoms with Crippen molar-refractivity contribution in [3.63, 3.8) is 0 Å². The molecule has 1 N–H and O–H groups in total. The summed E-state index contributed by atoms with van der Waals surface area (Å²) in [6.07, 6.45) is 0. The quantitative estimate of drug-likeness (QED) is 0.844. The topological polar surface area (TPSA) is 84.7 Å². The highest BCUT2D eigenvalue weighted by Gasteiger charge is 2.18. The normalized spacial score (nSPS) is 10.7. The molecule has 0 radical (unpaired) electrons. The number of nitrogens with zero attached hydrogens (tertiary/aromatic N) is 7. The molecule has 0 amide bonds. The van der Waals surface area contributed by atoms with Crippen LogP contribution in [0.5, 0.6) is 0 Å². The van der Waals surface area contributed by atoms with E-state index in [9.17, 15) is 0 Å². The summed E-state index contributed by atoms with van der Waals surface area (Å²) in [6.45, 7) is 8.55. The molecule has 0 saturated carbocycles. The van der Waals surface area contributed by atoms with Gasteiger partial charge in [-0.25, -0.2) is 4.68 Å². The van der Waals surface area contributed by atoms with E-state index in [0.717, 1.165) is 25.3 Å². The molecule has 9 heteroatoms. The van der Waals surface area contributed by atoms with E-state index < -0.39 is 0 Å². The van der Waals surface area contributed by atoms with Crippen LogP contribution in [-0.2, 0) is 7.05 Å². The molecule has 0 spiro atoms. The molecule has 0 fully saturated rings. The maximum Gasteiger partial charge on any atom is 0.230 e. The van der Waals surface area contributed by atoms with Crippen molar-refractivity contribution >= 4 is 27.8 Å². The van der Waals surface area contributed by atoms with Crippen molar-refractivity contribution in [2.24, 2.45) is 7.05 Å². The zero-order valence-electron chi connectivity index (χ0n) is 12.6. The lowest BCUT2D eigenvalue weighted by Crippen LogP contribution is -2.25. The van der Waals surface area contributed by atoms with Crippen molar-refractivity contribution < 1.29 is 0 Å². The number of rotatable bonds is 6. The first-order chi connectivity index (χ1) is 10.1. The van der Waals surface area contributed by atoms with Crippen LogP contribution in [0.15, 0.2) is 4.60 Å². The summed E-state index contributed by atoms with van der Waals surface area (Å²) < 4.78 is 2.25. The van der Waals surface area contributed by atoms with Gasteiger partial charge in [0.2, 0.25) is 11.9 Å². The van der Waals surface area contributed by atoms with Crippen molar-refractivity contribution in [1.82, 2.24) is 29.9 Å². The molecule has 0 aliphatic carbocycles. The van der Waals surface area contributed by atoms with Gasteiger partial charge in [-0.05, 0) is 36.7 Å². The Labute approximate surface area is 132 Å². The highest BCUT2D eigenvalue weighted by molar-refractivity contribution is 9.10. The minimum atomic E-state index is 0.544. The standard InChI is InChI=1S/C12H19BrN8/c1-5-14-11-15-10(8-9(13)18-19-20(8)4)16-12(17-11)21(6-2)7-3/h5-7H2,1-4H3,(H,14,15,16,17). The molecule has 114 valence electrons. The van der Waals surface area contributed by atoms with E-state index in [-0.39, 0.29) is 0 Å². The first-order valence-electron chi connectivity index (χ1n) is 6.91. The van der Waals surface area contributed by atoms with Crippen LogP contribution in [0.4, 0.5) is 11.9 Å². The van der Waals surface area contributed by atoms with Crippen LogP contribution in [0, 0.1) is 0 Å². The summed E-state index contributed by atoms with van der Waals surface area (Å²) in [5.74, 6) is 1.74. The molecule has 0 aliphatic heterocycles. The summed E-state index contributed by atoms with van der Waals surface area (Å²) in [6, 6.07) is 0. The number of hydrogen-bond donors (Lipinski definition) is 1. The summed E-state index contributed by atoms with van der Waals surface area (Å²) in [5, 5.41) is 11.1. The van der Waals surface area contributed by atoms with Crippen LogP contribution in [0.1, 0.15) is 20.8 Å². The first kappa shape index (κ1) is 15.6. The molecule has 2 heterocycles. The number of nitrogens with one attached hydrogen (secondary N) is 1. The molecule has 2 aromatic heterocycles. The average molecular weight is 355 g/mol. The molecule has 8 nitrogen and oxygen atoms in total. The van der Waals surface area contributed by atoms with Crippen LogP contribution in [0.3, 0.4) is 0 Å². The van der Waals surface area contributed by atoms with Gasteiger partial charge in [-0.3, -0.25) is 0 Å². The number of hydrogen-bond acceptors (Lipinski definition) is 7. The molecule has 0 saturated heterocycles. The van der Waals surface area contributed by atoms with Crippen LogP contribution in [-0.4, -0.2) is 49.6 Å². The zero-order valence-corrected chi connectivity index (χ0v) is 14.2. The predicted molar refractivity (Wildman–Crippen MR) is 85.2 cm³/mol. The van der Waals surface area contributed by atoms with Crippen molar-refractivity contribution in [3.8, 4) is 11.5 Å². The molecular weight excluding hydrogens is 336 g/mol. The monoisotopic (exact) mass is 354 g/mol. The Bertz CT molecular complexity index is 588. The number of halogens is 1. The van der Waals surface area contributed by atoms with E-state index in [1.165, 1.54) is 0 Å². The number of aryl methyl sites for hydroxylation is 1. The minimum absolute atomic E-state index is 0.544. The fourth-order valence-corrected chi connectivity index (χ4v) is 2.43. The van der Waals surface area contributed by atoms with Crippen LogP contribution >= 0.6 is 15.9 Å². The summed E-state index contributed by atoms with van der Waals surface area (Å²) in [7, 11) is 1.81. The van der Waals surface area contributed by atoms with Crippen molar-refractivity contribution in [2.75, 3.05) is 29.9 Å². The van der Waals surface area contributed by atoms with Gasteiger partial charge in [0.15, 0.2) is 10.4 Å². The first-order valence-corrected chi connectivity index (χ1v) is 7.70. The van der Waals surface area contributed by atoms with E-state index in [0.29, 0.717) is 22.3 Å². The number of anilines is 2. The lowest BCUT2D eigenvalue weighted by molar-refractivity contribution is 0.715. The van der Waals surface area contributed by atoms with Crippen molar-refractivity contribution in [1.29, 1.82) is 0 Å². The molecule has 0 aromatic carbocycles. The highest BCUT2D eigenvalue weighted by atomic mass is 79.9. The summed E-state index contributed by atoms with van der Waals surface area (Å²) >= 11 is 3.38. The maximum absolute atomic E-state index is 4.55. The zero-order chi connectivity index (χ0) is 15.4. The van der Waals surface area contributed by atoms with Gasteiger partial charge in [-0.2, -0.15) is 15.0 Å². The second-order valence-electron chi connectivity index (χ2n) is 4.34. The third-order valence-electron chi connectivity index (χ3n) is 3.00. The molecule has 0 aliphatic rings. The SMILES string of the molecule is CCNc1nc(-c2c(Br)nnn2C)nc(N(CC)CC)n1. The molecule has 2 aromatic rings. The van der Waals surface area contributed by atoms with Gasteiger partial charge in [0, 0.05) is 26.7 Å². The smallest absolute Gasteiger partial charge is 0.230 e. The lowest BCUT2D eigenvalue weighted by atomic mass is 10.4. The Hall–Kier alpha value is -1.77. The van der Waals surface area contributed by atoms with E-state index in [1.807, 2.05) is 6.92 Å². The number of aromatic nitrogens is 6. The lowest BCUT2D eigenvalue weighted by Gasteiger charge is -2.19. The van der Waals surface area contributed by atoms with Gasteiger partial charge in [0.25, 0.3) is 0 Å². The molecular formula is C12H19BrN8. The van der Waals surface area contributed by atoms with Gasteiger partial charge in [-0.1, -0.05) is 5.21 Å². The summed E-state index contributed by atoms with van der Waals surface area (Å²) in [5.41, 5.74) is 0.727. The van der Waals surface area contributed by atoms with E-state index in [4.69, 9.17) is 0 Å². The van der Waals surface area contributed by atoms with E-state index >= 15 is 0 Å².